The van der Waals surface area contributed by atoms with Crippen LogP contribution in [0.15, 0.2) is 27.6 Å². The van der Waals surface area contributed by atoms with E-state index in [2.05, 4.69) is 40.0 Å². The fourth-order valence-electron chi connectivity index (χ4n) is 3.53. The second kappa shape index (κ2) is 8.16. The molecule has 3 atom stereocenters. The lowest BCUT2D eigenvalue weighted by molar-refractivity contribution is 0.0904. The van der Waals surface area contributed by atoms with Crippen LogP contribution < -0.4 is 10.5 Å². The molecular formula is C17H26BrN3O3S. The third-order valence-corrected chi connectivity index (χ3v) is 5.97. The highest BCUT2D eigenvalue weighted by Crippen LogP contribution is 2.22. The van der Waals surface area contributed by atoms with Crippen molar-refractivity contribution < 1.29 is 13.2 Å². The SMILES string of the molecule is CC1CC(C)CN(CC(C)NC(=O)c2cc(S(N)(=O)=O)ccc2Br)C1. The molecule has 0 radical (unpaired) electrons. The Morgan fingerprint density at radius 2 is 1.96 bits per heavy atom. The summed E-state index contributed by atoms with van der Waals surface area (Å²) in [6, 6.07) is 4.14. The number of hydrogen-bond donors (Lipinski definition) is 2. The first-order chi connectivity index (χ1) is 11.6. The summed E-state index contributed by atoms with van der Waals surface area (Å²) in [6.45, 7) is 9.31. The predicted octanol–water partition coefficient (Wildman–Crippen LogP) is 2.19. The second-order valence-electron chi connectivity index (χ2n) is 7.23. The quantitative estimate of drug-likeness (QED) is 0.746. The van der Waals surface area contributed by atoms with Gasteiger partial charge in [-0.3, -0.25) is 4.79 Å². The fraction of sp³-hybridized carbons (Fsp3) is 0.588. The number of nitrogens with two attached hydrogens (primary N) is 1. The molecule has 1 heterocycles. The van der Waals surface area contributed by atoms with Gasteiger partial charge in [0.2, 0.25) is 10.0 Å². The van der Waals surface area contributed by atoms with Crippen LogP contribution in [-0.2, 0) is 10.0 Å². The van der Waals surface area contributed by atoms with Crippen LogP contribution in [0.5, 0.6) is 0 Å². The number of amides is 1. The van der Waals surface area contributed by atoms with Gasteiger partial charge < -0.3 is 10.2 Å². The number of hydrogen-bond acceptors (Lipinski definition) is 4. The minimum absolute atomic E-state index is 0.0463. The molecular weight excluding hydrogens is 406 g/mol. The number of nitrogens with one attached hydrogen (secondary N) is 1. The molecule has 8 heteroatoms. The Bertz CT molecular complexity index is 729. The van der Waals surface area contributed by atoms with Crippen LogP contribution in [0.4, 0.5) is 0 Å². The van der Waals surface area contributed by atoms with E-state index < -0.39 is 10.0 Å². The maximum atomic E-state index is 12.5. The number of primary sulfonamides is 1. The van der Waals surface area contributed by atoms with Gasteiger partial charge in [-0.05, 0) is 59.3 Å². The van der Waals surface area contributed by atoms with Gasteiger partial charge in [0, 0.05) is 30.1 Å². The number of nitrogens with zero attached hydrogens (tertiary/aromatic N) is 1. The molecule has 25 heavy (non-hydrogen) atoms. The molecule has 0 bridgehead atoms. The average Bonchev–Trinajstić information content (AvgIpc) is 2.44. The van der Waals surface area contributed by atoms with E-state index in [1.807, 2.05) is 6.92 Å². The zero-order valence-electron chi connectivity index (χ0n) is 14.8. The Morgan fingerprint density at radius 1 is 1.36 bits per heavy atom. The van der Waals surface area contributed by atoms with Crippen molar-refractivity contribution in [3.8, 4) is 0 Å². The molecule has 0 aromatic heterocycles. The number of sulfonamides is 1. The van der Waals surface area contributed by atoms with Gasteiger partial charge >= 0.3 is 0 Å². The van der Waals surface area contributed by atoms with E-state index >= 15 is 0 Å². The van der Waals surface area contributed by atoms with Gasteiger partial charge in [0.25, 0.3) is 5.91 Å². The van der Waals surface area contributed by atoms with E-state index in [9.17, 15) is 13.2 Å². The Hall–Kier alpha value is -0.960. The monoisotopic (exact) mass is 431 g/mol. The van der Waals surface area contributed by atoms with E-state index in [4.69, 9.17) is 5.14 Å². The Balaban J connectivity index is 2.04. The maximum absolute atomic E-state index is 12.5. The lowest BCUT2D eigenvalue weighted by Gasteiger charge is -2.36. The summed E-state index contributed by atoms with van der Waals surface area (Å²) in [4.78, 5) is 14.8. The number of carbonyl (C=O) groups is 1. The predicted molar refractivity (Wildman–Crippen MR) is 102 cm³/mol. The van der Waals surface area contributed by atoms with Crippen LogP contribution in [0.2, 0.25) is 0 Å². The molecule has 0 aliphatic carbocycles. The van der Waals surface area contributed by atoms with Gasteiger partial charge in [-0.2, -0.15) is 0 Å². The van der Waals surface area contributed by atoms with Crippen LogP contribution in [0, 0.1) is 11.8 Å². The molecule has 1 aromatic rings. The number of rotatable bonds is 5. The van der Waals surface area contributed by atoms with Gasteiger partial charge in [0.15, 0.2) is 0 Å². The van der Waals surface area contributed by atoms with Crippen molar-refractivity contribution in [3.05, 3.63) is 28.2 Å². The molecule has 1 saturated heterocycles. The average molecular weight is 432 g/mol. The highest BCUT2D eigenvalue weighted by molar-refractivity contribution is 9.10. The van der Waals surface area contributed by atoms with Crippen molar-refractivity contribution in [1.82, 2.24) is 10.2 Å². The maximum Gasteiger partial charge on any atom is 0.252 e. The highest BCUT2D eigenvalue weighted by Gasteiger charge is 2.24. The number of likely N-dealkylation sites (tertiary alicyclic amines) is 1. The molecule has 140 valence electrons. The lowest BCUT2D eigenvalue weighted by Crippen LogP contribution is -2.47. The van der Waals surface area contributed by atoms with Gasteiger partial charge in [-0.25, -0.2) is 13.6 Å². The third kappa shape index (κ3) is 5.77. The van der Waals surface area contributed by atoms with Gasteiger partial charge in [-0.1, -0.05) is 13.8 Å². The molecule has 3 N–H and O–H groups in total. The first-order valence-electron chi connectivity index (χ1n) is 8.41. The molecule has 2 rings (SSSR count). The van der Waals surface area contributed by atoms with Crippen molar-refractivity contribution in [2.24, 2.45) is 17.0 Å². The standard InChI is InChI=1S/C17H26BrN3O3S/c1-11-6-12(2)9-21(8-11)10-13(3)20-17(22)15-7-14(25(19,23)24)4-5-16(15)18/h4-5,7,11-13H,6,8-10H2,1-3H3,(H,20,22)(H2,19,23,24). The second-order valence-corrected chi connectivity index (χ2v) is 9.64. The van der Waals surface area contributed by atoms with E-state index in [0.717, 1.165) is 19.6 Å². The minimum atomic E-state index is -3.85. The summed E-state index contributed by atoms with van der Waals surface area (Å²) in [5.41, 5.74) is 0.263. The molecule has 1 amide bonds. The zero-order valence-corrected chi connectivity index (χ0v) is 17.2. The van der Waals surface area contributed by atoms with E-state index in [0.29, 0.717) is 16.3 Å². The Kier molecular flexibility index (Phi) is 6.64. The van der Waals surface area contributed by atoms with Crippen LogP contribution in [0.25, 0.3) is 0 Å². The lowest BCUT2D eigenvalue weighted by atomic mass is 9.92. The molecule has 0 saturated carbocycles. The minimum Gasteiger partial charge on any atom is -0.348 e. The van der Waals surface area contributed by atoms with Crippen molar-refractivity contribution in [1.29, 1.82) is 0 Å². The van der Waals surface area contributed by atoms with Crippen molar-refractivity contribution in [2.45, 2.75) is 38.1 Å². The first-order valence-corrected chi connectivity index (χ1v) is 10.8. The molecule has 6 nitrogen and oxygen atoms in total. The van der Waals surface area contributed by atoms with Crippen LogP contribution >= 0.6 is 15.9 Å². The van der Waals surface area contributed by atoms with E-state index in [-0.39, 0.29) is 22.4 Å². The molecule has 1 fully saturated rings. The molecule has 3 unspecified atom stereocenters. The molecule has 1 aliphatic heterocycles. The summed E-state index contributed by atoms with van der Waals surface area (Å²) in [5, 5.41) is 8.09. The Morgan fingerprint density at radius 3 is 2.52 bits per heavy atom. The molecule has 0 spiro atoms. The number of carbonyl (C=O) groups excluding carboxylic acids is 1. The largest absolute Gasteiger partial charge is 0.348 e. The van der Waals surface area contributed by atoms with E-state index in [1.54, 1.807) is 0 Å². The molecule has 1 aliphatic rings. The highest BCUT2D eigenvalue weighted by atomic mass is 79.9. The fourth-order valence-corrected chi connectivity index (χ4v) is 4.50. The van der Waals surface area contributed by atoms with Crippen molar-refractivity contribution in [3.63, 3.8) is 0 Å². The van der Waals surface area contributed by atoms with Crippen LogP contribution in [0.3, 0.4) is 0 Å². The zero-order chi connectivity index (χ0) is 18.8. The summed E-state index contributed by atoms with van der Waals surface area (Å²) < 4.78 is 23.5. The Labute approximate surface area is 158 Å². The first kappa shape index (κ1) is 20.4. The third-order valence-electron chi connectivity index (χ3n) is 4.37. The van der Waals surface area contributed by atoms with Crippen molar-refractivity contribution >= 4 is 31.9 Å². The number of benzene rings is 1. The van der Waals surface area contributed by atoms with Gasteiger partial charge in [0.05, 0.1) is 10.5 Å². The van der Waals surface area contributed by atoms with Crippen LogP contribution in [0.1, 0.15) is 37.6 Å². The number of piperidine rings is 1. The van der Waals surface area contributed by atoms with Gasteiger partial charge in [-0.15, -0.1) is 0 Å². The van der Waals surface area contributed by atoms with Gasteiger partial charge in [0.1, 0.15) is 0 Å². The van der Waals surface area contributed by atoms with E-state index in [1.165, 1.54) is 24.6 Å². The molecule has 1 aromatic carbocycles. The van der Waals surface area contributed by atoms with Crippen LogP contribution in [-0.4, -0.2) is 44.9 Å². The topological polar surface area (TPSA) is 92.5 Å². The summed E-state index contributed by atoms with van der Waals surface area (Å²) >= 11 is 3.30. The number of halogens is 1. The summed E-state index contributed by atoms with van der Waals surface area (Å²) in [5.74, 6) is 1.00. The summed E-state index contributed by atoms with van der Waals surface area (Å²) in [6.07, 6.45) is 1.24. The smallest absolute Gasteiger partial charge is 0.252 e. The summed E-state index contributed by atoms with van der Waals surface area (Å²) in [7, 11) is -3.85. The van der Waals surface area contributed by atoms with Crippen molar-refractivity contribution in [2.75, 3.05) is 19.6 Å². The normalized spacial score (nSPS) is 23.2.